The van der Waals surface area contributed by atoms with Crippen LogP contribution in [0, 0.1) is 28.6 Å². The Hall–Kier alpha value is -0.790. The summed E-state index contributed by atoms with van der Waals surface area (Å²) in [5.74, 6) is -2.36. The molecule has 176 valence electrons. The first-order chi connectivity index (χ1) is 14.8. The van der Waals surface area contributed by atoms with Crippen molar-refractivity contribution in [3.8, 4) is 0 Å². The lowest BCUT2D eigenvalue weighted by Crippen LogP contribution is -2.64. The van der Waals surface area contributed by atoms with Crippen LogP contribution in [-0.2, 0) is 19.1 Å². The number of aliphatic hydroxyl groups is 1. The number of fused-ring (bicyclic) bond motifs is 7. The molecule has 3 saturated carbocycles. The Labute approximate surface area is 197 Å². The zero-order chi connectivity index (χ0) is 23.4. The molecule has 0 aromatic heterocycles. The van der Waals surface area contributed by atoms with E-state index in [1.54, 1.807) is 19.9 Å². The average Bonchev–Trinajstić information content (AvgIpc) is 3.08. The highest BCUT2D eigenvalue weighted by molar-refractivity contribution is 6.54. The number of aliphatic hydroxyl groups excluding tert-OH is 1. The predicted molar refractivity (Wildman–Crippen MR) is 117 cm³/mol. The maximum Gasteiger partial charge on any atom is 0.200 e. The SMILES string of the molecule is CC1(C)O[C@@H]2C[C@H]3[C@@H]4C[C@H](F)C5=CC(=O)C=C[C@]5(C)[C@H]4[C@@H](O)C[C@]3(C)[C@]2(C(=O)C(Cl)Cl)O1. The number of hydrogen-bond acceptors (Lipinski definition) is 5. The highest BCUT2D eigenvalue weighted by Crippen LogP contribution is 2.70. The largest absolute Gasteiger partial charge is 0.393 e. The number of carbonyl (C=O) groups is 2. The molecule has 5 rings (SSSR count). The van der Waals surface area contributed by atoms with Gasteiger partial charge in [-0.25, -0.2) is 4.39 Å². The van der Waals surface area contributed by atoms with Gasteiger partial charge < -0.3 is 14.6 Å². The first-order valence-electron chi connectivity index (χ1n) is 11.2. The molecule has 4 fully saturated rings. The van der Waals surface area contributed by atoms with E-state index in [0.717, 1.165) is 0 Å². The van der Waals surface area contributed by atoms with Crippen molar-refractivity contribution in [1.82, 2.24) is 0 Å². The molecular weight excluding hydrogens is 458 g/mol. The first-order valence-corrected chi connectivity index (χ1v) is 12.1. The van der Waals surface area contributed by atoms with E-state index >= 15 is 4.39 Å². The van der Waals surface area contributed by atoms with Gasteiger partial charge in [-0.3, -0.25) is 9.59 Å². The molecule has 0 spiro atoms. The van der Waals surface area contributed by atoms with E-state index in [1.165, 1.54) is 12.2 Å². The molecule has 0 bridgehead atoms. The van der Waals surface area contributed by atoms with Crippen LogP contribution in [-0.4, -0.2) is 51.3 Å². The fourth-order valence-electron chi connectivity index (χ4n) is 8.03. The zero-order valence-corrected chi connectivity index (χ0v) is 20.1. The second-order valence-corrected chi connectivity index (χ2v) is 12.1. The molecule has 0 aromatic carbocycles. The molecule has 32 heavy (non-hydrogen) atoms. The zero-order valence-electron chi connectivity index (χ0n) is 18.6. The van der Waals surface area contributed by atoms with Crippen molar-refractivity contribution in [2.45, 2.75) is 81.6 Å². The maximum absolute atomic E-state index is 15.5. The molecule has 4 aliphatic carbocycles. The van der Waals surface area contributed by atoms with Crippen LogP contribution in [0.5, 0.6) is 0 Å². The smallest absolute Gasteiger partial charge is 0.200 e. The van der Waals surface area contributed by atoms with Gasteiger partial charge in [0, 0.05) is 16.7 Å². The van der Waals surface area contributed by atoms with Crippen molar-refractivity contribution in [2.75, 3.05) is 0 Å². The Morgan fingerprint density at radius 1 is 1.25 bits per heavy atom. The highest BCUT2D eigenvalue weighted by atomic mass is 35.5. The highest BCUT2D eigenvalue weighted by Gasteiger charge is 2.77. The predicted octanol–water partition coefficient (Wildman–Crippen LogP) is 4.09. The summed E-state index contributed by atoms with van der Waals surface area (Å²) in [6, 6.07) is 0. The number of carbonyl (C=O) groups excluding carboxylic acids is 2. The Kier molecular flexibility index (Phi) is 4.94. The number of allylic oxidation sites excluding steroid dienone is 4. The van der Waals surface area contributed by atoms with Gasteiger partial charge in [-0.05, 0) is 62.7 Å². The molecule has 8 heteroatoms. The second kappa shape index (κ2) is 6.88. The van der Waals surface area contributed by atoms with Crippen molar-refractivity contribution in [2.24, 2.45) is 28.6 Å². The summed E-state index contributed by atoms with van der Waals surface area (Å²) >= 11 is 12.2. The minimum Gasteiger partial charge on any atom is -0.393 e. The first kappa shape index (κ1) is 23.0. The van der Waals surface area contributed by atoms with Gasteiger partial charge in [0.05, 0.1) is 12.2 Å². The van der Waals surface area contributed by atoms with Crippen molar-refractivity contribution in [3.05, 3.63) is 23.8 Å². The van der Waals surface area contributed by atoms with Crippen LogP contribution < -0.4 is 0 Å². The van der Waals surface area contributed by atoms with E-state index in [0.29, 0.717) is 12.0 Å². The molecule has 1 saturated heterocycles. The van der Waals surface area contributed by atoms with Gasteiger partial charge >= 0.3 is 0 Å². The quantitative estimate of drug-likeness (QED) is 0.595. The number of halogens is 3. The molecule has 1 aliphatic heterocycles. The molecule has 0 radical (unpaired) electrons. The summed E-state index contributed by atoms with van der Waals surface area (Å²) in [5.41, 5.74) is -2.58. The van der Waals surface area contributed by atoms with Crippen molar-refractivity contribution in [1.29, 1.82) is 0 Å². The van der Waals surface area contributed by atoms with E-state index in [9.17, 15) is 14.7 Å². The molecule has 1 N–H and O–H groups in total. The Balaban J connectivity index is 1.62. The fourth-order valence-corrected chi connectivity index (χ4v) is 8.35. The van der Waals surface area contributed by atoms with Crippen LogP contribution in [0.25, 0.3) is 0 Å². The van der Waals surface area contributed by atoms with Crippen molar-refractivity contribution >= 4 is 34.8 Å². The summed E-state index contributed by atoms with van der Waals surface area (Å²) in [5, 5.41) is 11.5. The van der Waals surface area contributed by atoms with Crippen LogP contribution >= 0.6 is 23.2 Å². The van der Waals surface area contributed by atoms with Gasteiger partial charge in [-0.15, -0.1) is 0 Å². The van der Waals surface area contributed by atoms with E-state index in [2.05, 4.69) is 0 Å². The summed E-state index contributed by atoms with van der Waals surface area (Å²) in [4.78, 5) is 24.1. The van der Waals surface area contributed by atoms with Gasteiger partial charge in [0.2, 0.25) is 5.78 Å². The van der Waals surface area contributed by atoms with Crippen LogP contribution in [0.2, 0.25) is 0 Å². The topological polar surface area (TPSA) is 72.8 Å². The number of ketones is 2. The van der Waals surface area contributed by atoms with Gasteiger partial charge in [0.1, 0.15) is 6.17 Å². The molecule has 9 atom stereocenters. The lowest BCUT2D eigenvalue weighted by molar-refractivity contribution is -0.225. The van der Waals surface area contributed by atoms with Crippen LogP contribution in [0.15, 0.2) is 23.8 Å². The molecule has 0 aromatic rings. The van der Waals surface area contributed by atoms with Gasteiger partial charge in [0.25, 0.3) is 0 Å². The minimum absolute atomic E-state index is 0.143. The van der Waals surface area contributed by atoms with E-state index in [-0.39, 0.29) is 36.4 Å². The summed E-state index contributed by atoms with van der Waals surface area (Å²) in [7, 11) is 0. The summed E-state index contributed by atoms with van der Waals surface area (Å²) in [6.45, 7) is 7.32. The van der Waals surface area contributed by atoms with E-state index < -0.39 is 51.2 Å². The standard InChI is InChI=1S/C24H29Cl2FO5/c1-21(2)31-17-9-13-12-8-15(27)14-7-11(28)5-6-22(14,3)18(12)16(29)10-23(13,4)24(17,32-21)19(30)20(25)26/h5-7,12-13,15-18,20,29H,8-10H2,1-4H3/t12-,13-,15-,16-,17+,18+,22-,23-,24-/m0/s1. The van der Waals surface area contributed by atoms with Crippen molar-refractivity contribution in [3.63, 3.8) is 0 Å². The number of hydrogen-bond donors (Lipinski definition) is 1. The van der Waals surface area contributed by atoms with Crippen molar-refractivity contribution < 1.29 is 28.6 Å². The number of ether oxygens (including phenoxy) is 2. The Morgan fingerprint density at radius 2 is 1.94 bits per heavy atom. The molecule has 1 heterocycles. The second-order valence-electron chi connectivity index (χ2n) is 11.1. The number of rotatable bonds is 2. The monoisotopic (exact) mass is 486 g/mol. The molecule has 0 amide bonds. The summed E-state index contributed by atoms with van der Waals surface area (Å²) in [6.07, 6.45) is 2.81. The molecular formula is C24H29Cl2FO5. The maximum atomic E-state index is 15.5. The Bertz CT molecular complexity index is 947. The van der Waals surface area contributed by atoms with E-state index in [1.807, 2.05) is 13.8 Å². The van der Waals surface area contributed by atoms with Crippen LogP contribution in [0.4, 0.5) is 4.39 Å². The van der Waals surface area contributed by atoms with Gasteiger partial charge in [-0.2, -0.15) is 0 Å². The van der Waals surface area contributed by atoms with Gasteiger partial charge in [0.15, 0.2) is 22.0 Å². The molecule has 5 nitrogen and oxygen atoms in total. The minimum atomic E-state index is -1.41. The lowest BCUT2D eigenvalue weighted by atomic mass is 9.46. The molecule has 5 aliphatic rings. The third-order valence-electron chi connectivity index (χ3n) is 9.03. The number of Topliss-reactive ketones (excluding diaryl/α,β-unsaturated/α-hetero) is 1. The Morgan fingerprint density at radius 3 is 2.59 bits per heavy atom. The van der Waals surface area contributed by atoms with Crippen LogP contribution in [0.3, 0.4) is 0 Å². The normalized spacial score (nSPS) is 51.0. The lowest BCUT2D eigenvalue weighted by Gasteiger charge is -2.60. The molecule has 0 unspecified atom stereocenters. The summed E-state index contributed by atoms with van der Waals surface area (Å²) < 4.78 is 28.0. The number of alkyl halides is 3. The average molecular weight is 487 g/mol. The fraction of sp³-hybridized carbons (Fsp3) is 0.750. The third-order valence-corrected chi connectivity index (χ3v) is 9.43. The third kappa shape index (κ3) is 2.73. The van der Waals surface area contributed by atoms with Crippen LogP contribution in [0.1, 0.15) is 47.0 Å². The van der Waals surface area contributed by atoms with Gasteiger partial charge in [-0.1, -0.05) is 43.1 Å². The van der Waals surface area contributed by atoms with E-state index in [4.69, 9.17) is 32.7 Å².